The predicted octanol–water partition coefficient (Wildman–Crippen LogP) is 5.85. The first kappa shape index (κ1) is 25.3. The van der Waals surface area contributed by atoms with Gasteiger partial charge in [0.05, 0.1) is 22.6 Å². The van der Waals surface area contributed by atoms with E-state index < -0.39 is 38.7 Å². The smallest absolute Gasteiger partial charge is 0.232 e. The van der Waals surface area contributed by atoms with Gasteiger partial charge in [0.25, 0.3) is 0 Å². The van der Waals surface area contributed by atoms with Crippen LogP contribution in [-0.2, 0) is 10.0 Å². The van der Waals surface area contributed by atoms with E-state index in [2.05, 4.69) is 19.8 Å². The van der Waals surface area contributed by atoms with Crippen LogP contribution < -0.4 is 4.72 Å². The quantitative estimate of drug-likeness (QED) is 0.240. The number of anilines is 1. The van der Waals surface area contributed by atoms with Crippen LogP contribution >= 0.6 is 0 Å². The van der Waals surface area contributed by atoms with Crippen LogP contribution in [-0.4, -0.2) is 35.1 Å². The number of aryl methyl sites for hydroxylation is 1. The van der Waals surface area contributed by atoms with Crippen molar-refractivity contribution in [3.8, 4) is 22.4 Å². The summed E-state index contributed by atoms with van der Waals surface area (Å²) in [5.41, 5.74) is 1.56. The van der Waals surface area contributed by atoms with Gasteiger partial charge in [-0.15, -0.1) is 0 Å². The zero-order chi connectivity index (χ0) is 27.0. The molecule has 0 aliphatic rings. The monoisotopic (exact) mass is 536 g/mol. The highest BCUT2D eigenvalue weighted by molar-refractivity contribution is 7.92. The van der Waals surface area contributed by atoms with E-state index in [4.69, 9.17) is 4.52 Å². The average Bonchev–Trinajstić information content (AvgIpc) is 3.49. The lowest BCUT2D eigenvalue weighted by Gasteiger charge is -2.11. The predicted molar refractivity (Wildman–Crippen MR) is 139 cm³/mol. The molecule has 5 rings (SSSR count). The van der Waals surface area contributed by atoms with Crippen molar-refractivity contribution in [2.24, 2.45) is 0 Å². The largest absolute Gasteiger partial charge is 0.360 e. The van der Waals surface area contributed by atoms with Crippen molar-refractivity contribution in [2.45, 2.75) is 20.3 Å². The molecule has 2 aromatic carbocycles. The van der Waals surface area contributed by atoms with Gasteiger partial charge in [0.15, 0.2) is 5.82 Å². The first-order valence-corrected chi connectivity index (χ1v) is 13.4. The molecule has 0 fully saturated rings. The Morgan fingerprint density at radius 1 is 1.11 bits per heavy atom. The van der Waals surface area contributed by atoms with E-state index in [1.807, 2.05) is 30.3 Å². The molecule has 0 atom stereocenters. The number of pyridine rings is 1. The SMILES string of the molecule is CCCS(=O)(=O)Nc1ccc(F)c(C(=O)c2c[nH]c3ncc(-c4c(-c5ccccc5)noc4C)cc23)c1F. The molecule has 0 unspecified atom stereocenters. The highest BCUT2D eigenvalue weighted by Crippen LogP contribution is 2.36. The lowest BCUT2D eigenvalue weighted by Crippen LogP contribution is -2.18. The fraction of sp³-hybridized carbons (Fsp3) is 0.148. The van der Waals surface area contributed by atoms with Crippen molar-refractivity contribution in [1.29, 1.82) is 0 Å². The standard InChI is InChI=1S/C27H22F2N4O4S/c1-3-11-38(35,36)33-21-10-9-20(28)23(24(21)29)26(34)19-14-31-27-18(19)12-17(13-30-27)22-15(2)37-32-25(22)16-7-5-4-6-8-16/h4-10,12-14,33H,3,11H2,1-2H3,(H,30,31). The molecule has 0 saturated heterocycles. The van der Waals surface area contributed by atoms with Crippen LogP contribution in [0, 0.1) is 18.6 Å². The molecule has 194 valence electrons. The fourth-order valence-electron chi connectivity index (χ4n) is 4.29. The number of halogens is 2. The Morgan fingerprint density at radius 3 is 2.61 bits per heavy atom. The Hall–Kier alpha value is -4.38. The molecule has 0 amide bonds. The second kappa shape index (κ2) is 9.82. The Balaban J connectivity index is 1.60. The van der Waals surface area contributed by atoms with Gasteiger partial charge < -0.3 is 9.51 Å². The van der Waals surface area contributed by atoms with Gasteiger partial charge in [-0.3, -0.25) is 9.52 Å². The summed E-state index contributed by atoms with van der Waals surface area (Å²) in [6.07, 6.45) is 3.20. The minimum absolute atomic E-state index is 0.0314. The molecule has 38 heavy (non-hydrogen) atoms. The Labute approximate surface area is 216 Å². The zero-order valence-electron chi connectivity index (χ0n) is 20.4. The van der Waals surface area contributed by atoms with Gasteiger partial charge >= 0.3 is 0 Å². The summed E-state index contributed by atoms with van der Waals surface area (Å²) in [6.45, 7) is 3.40. The maximum Gasteiger partial charge on any atom is 0.232 e. The Morgan fingerprint density at radius 2 is 1.87 bits per heavy atom. The van der Waals surface area contributed by atoms with Crippen molar-refractivity contribution in [2.75, 3.05) is 10.5 Å². The zero-order valence-corrected chi connectivity index (χ0v) is 21.2. The Bertz CT molecular complexity index is 1780. The average molecular weight is 537 g/mol. The van der Waals surface area contributed by atoms with Crippen LogP contribution in [0.15, 0.2) is 65.4 Å². The topological polar surface area (TPSA) is 118 Å². The maximum absolute atomic E-state index is 15.3. The number of carbonyl (C=O) groups excluding carboxylic acids is 1. The normalized spacial score (nSPS) is 11.7. The van der Waals surface area contributed by atoms with E-state index in [1.165, 1.54) is 6.20 Å². The lowest BCUT2D eigenvalue weighted by atomic mass is 9.97. The molecule has 0 spiro atoms. The molecule has 3 heterocycles. The summed E-state index contributed by atoms with van der Waals surface area (Å²) in [7, 11) is -3.87. The highest BCUT2D eigenvalue weighted by atomic mass is 32.2. The first-order valence-electron chi connectivity index (χ1n) is 11.7. The molecule has 0 aliphatic carbocycles. The van der Waals surface area contributed by atoms with E-state index in [0.29, 0.717) is 40.0 Å². The van der Waals surface area contributed by atoms with Crippen LogP contribution in [0.4, 0.5) is 14.5 Å². The van der Waals surface area contributed by atoms with Gasteiger partial charge in [-0.1, -0.05) is 42.4 Å². The van der Waals surface area contributed by atoms with Crippen molar-refractivity contribution in [1.82, 2.24) is 15.1 Å². The van der Waals surface area contributed by atoms with Crippen molar-refractivity contribution < 1.29 is 26.5 Å². The van der Waals surface area contributed by atoms with Crippen LogP contribution in [0.25, 0.3) is 33.4 Å². The van der Waals surface area contributed by atoms with Crippen LogP contribution in [0.3, 0.4) is 0 Å². The van der Waals surface area contributed by atoms with E-state index in [0.717, 1.165) is 17.7 Å². The number of H-pyrrole nitrogens is 1. The van der Waals surface area contributed by atoms with Crippen molar-refractivity contribution in [3.63, 3.8) is 0 Å². The Kier molecular flexibility index (Phi) is 6.53. The number of nitrogens with one attached hydrogen (secondary N) is 2. The summed E-state index contributed by atoms with van der Waals surface area (Å²) in [6, 6.07) is 12.8. The summed E-state index contributed by atoms with van der Waals surface area (Å²) < 4.78 is 61.9. The number of rotatable bonds is 8. The van der Waals surface area contributed by atoms with Crippen LogP contribution in [0.2, 0.25) is 0 Å². The van der Waals surface area contributed by atoms with Gasteiger partial charge in [-0.05, 0) is 31.5 Å². The maximum atomic E-state index is 15.3. The molecule has 3 aromatic heterocycles. The molecule has 0 saturated carbocycles. The number of hydrogen-bond acceptors (Lipinski definition) is 6. The van der Waals surface area contributed by atoms with Gasteiger partial charge in [0, 0.05) is 34.5 Å². The second-order valence-electron chi connectivity index (χ2n) is 8.68. The number of fused-ring (bicyclic) bond motifs is 1. The second-order valence-corrected chi connectivity index (χ2v) is 10.5. The number of benzene rings is 2. The number of nitrogens with zero attached hydrogens (tertiary/aromatic N) is 2. The van der Waals surface area contributed by atoms with Crippen molar-refractivity contribution in [3.05, 3.63) is 89.4 Å². The summed E-state index contributed by atoms with van der Waals surface area (Å²) >= 11 is 0. The van der Waals surface area contributed by atoms with E-state index in [-0.39, 0.29) is 11.3 Å². The molecule has 11 heteroatoms. The first-order chi connectivity index (χ1) is 18.2. The van der Waals surface area contributed by atoms with Gasteiger partial charge in [0.1, 0.15) is 22.9 Å². The minimum atomic E-state index is -3.87. The molecule has 8 nitrogen and oxygen atoms in total. The van der Waals surface area contributed by atoms with Crippen LogP contribution in [0.1, 0.15) is 35.0 Å². The molecule has 0 radical (unpaired) electrons. The lowest BCUT2D eigenvalue weighted by molar-refractivity contribution is 0.103. The summed E-state index contributed by atoms with van der Waals surface area (Å²) in [5, 5.41) is 4.50. The molecule has 2 N–H and O–H groups in total. The third-order valence-corrected chi connectivity index (χ3v) is 7.51. The van der Waals surface area contributed by atoms with E-state index in [1.54, 1.807) is 26.1 Å². The van der Waals surface area contributed by atoms with E-state index in [9.17, 15) is 17.6 Å². The molecule has 0 bridgehead atoms. The molecular weight excluding hydrogens is 514 g/mol. The number of carbonyl (C=O) groups is 1. The molecular formula is C27H22F2N4O4S. The molecule has 5 aromatic rings. The number of ketones is 1. The fourth-order valence-corrected chi connectivity index (χ4v) is 5.43. The van der Waals surface area contributed by atoms with Gasteiger partial charge in [-0.2, -0.15) is 0 Å². The van der Waals surface area contributed by atoms with Gasteiger partial charge in [-0.25, -0.2) is 22.2 Å². The van der Waals surface area contributed by atoms with Gasteiger partial charge in [0.2, 0.25) is 15.8 Å². The summed E-state index contributed by atoms with van der Waals surface area (Å²) in [5.74, 6) is -3.11. The van der Waals surface area contributed by atoms with E-state index >= 15 is 4.39 Å². The van der Waals surface area contributed by atoms with Crippen LogP contribution in [0.5, 0.6) is 0 Å². The number of aromatic nitrogens is 3. The minimum Gasteiger partial charge on any atom is -0.360 e. The molecule has 0 aliphatic heterocycles. The third kappa shape index (κ3) is 4.56. The number of hydrogen-bond donors (Lipinski definition) is 2. The third-order valence-electron chi connectivity index (χ3n) is 6.03. The summed E-state index contributed by atoms with van der Waals surface area (Å²) in [4.78, 5) is 20.7. The number of sulfonamides is 1. The van der Waals surface area contributed by atoms with Crippen molar-refractivity contribution >= 4 is 32.5 Å². The highest BCUT2D eigenvalue weighted by Gasteiger charge is 2.26. The number of aromatic amines is 1.